The average molecular weight is 438 g/mol. The number of benzene rings is 1. The number of unbranched alkanes of at least 4 members (excludes halogenated alkanes) is 1. The Labute approximate surface area is 181 Å². The molecule has 2 N–H and O–H groups in total. The van der Waals surface area contributed by atoms with Crippen molar-refractivity contribution in [3.63, 3.8) is 0 Å². The van der Waals surface area contributed by atoms with Crippen LogP contribution in [0.15, 0.2) is 36.5 Å². The third-order valence-corrected chi connectivity index (χ3v) is 6.70. The first-order valence-corrected chi connectivity index (χ1v) is 11.8. The summed E-state index contributed by atoms with van der Waals surface area (Å²) in [4.78, 5) is 21.0. The molecular weight excluding hydrogens is 414 g/mol. The topological polar surface area (TPSA) is 119 Å². The molecule has 4 rings (SSSR count). The van der Waals surface area contributed by atoms with Crippen LogP contribution in [0, 0.1) is 18.3 Å². The number of hydrogen-bond acceptors (Lipinski definition) is 5. The van der Waals surface area contributed by atoms with Gasteiger partial charge < -0.3 is 4.98 Å². The van der Waals surface area contributed by atoms with Gasteiger partial charge in [0.2, 0.25) is 16.4 Å². The number of carbonyl (C=O) groups is 1. The fourth-order valence-corrected chi connectivity index (χ4v) is 4.77. The second-order valence-corrected chi connectivity index (χ2v) is 9.57. The summed E-state index contributed by atoms with van der Waals surface area (Å²) in [6.07, 6.45) is 5.08. The van der Waals surface area contributed by atoms with E-state index in [1.165, 1.54) is 0 Å². The maximum atomic E-state index is 12.2. The van der Waals surface area contributed by atoms with Gasteiger partial charge in [0.25, 0.3) is 0 Å². The molecule has 1 saturated carbocycles. The molecule has 160 valence electrons. The smallest absolute Gasteiger partial charge is 0.232 e. The van der Waals surface area contributed by atoms with Crippen LogP contribution in [-0.4, -0.2) is 36.6 Å². The molecule has 0 radical (unpaired) electrons. The lowest BCUT2D eigenvalue weighted by atomic mass is 9.98. The van der Waals surface area contributed by atoms with E-state index in [1.54, 1.807) is 17.0 Å². The maximum absolute atomic E-state index is 12.2. The molecule has 0 unspecified atom stereocenters. The minimum atomic E-state index is -3.51. The van der Waals surface area contributed by atoms with Crippen LogP contribution in [0.5, 0.6) is 0 Å². The highest BCUT2D eigenvalue weighted by atomic mass is 32.2. The van der Waals surface area contributed by atoms with Crippen LogP contribution >= 0.6 is 0 Å². The Morgan fingerprint density at radius 3 is 2.77 bits per heavy atom. The number of pyridine rings is 1. The number of nitrogens with zero attached hydrogens (tertiary/aromatic N) is 3. The first-order chi connectivity index (χ1) is 14.9. The average Bonchev–Trinajstić information content (AvgIpc) is 3.44. The lowest BCUT2D eigenvalue weighted by Crippen LogP contribution is -2.24. The number of aryl methyl sites for hydroxylation is 1. The first-order valence-electron chi connectivity index (χ1n) is 10.1. The van der Waals surface area contributed by atoms with Crippen LogP contribution in [0.25, 0.3) is 22.2 Å². The molecule has 0 atom stereocenters. The highest BCUT2D eigenvalue weighted by Gasteiger charge is 2.30. The third kappa shape index (κ3) is 4.54. The number of amides is 1. The monoisotopic (exact) mass is 437 g/mol. The molecule has 0 bridgehead atoms. The van der Waals surface area contributed by atoms with Crippen LogP contribution in [0.2, 0.25) is 0 Å². The highest BCUT2D eigenvalue weighted by Crippen LogP contribution is 2.36. The molecule has 1 amide bonds. The molecule has 31 heavy (non-hydrogen) atoms. The predicted molar refractivity (Wildman–Crippen MR) is 120 cm³/mol. The molecule has 1 aliphatic rings. The largest absolute Gasteiger partial charge is 0.346 e. The van der Waals surface area contributed by atoms with Crippen molar-refractivity contribution < 1.29 is 13.2 Å². The van der Waals surface area contributed by atoms with Gasteiger partial charge in [0.05, 0.1) is 11.8 Å². The molecule has 2 heterocycles. The minimum Gasteiger partial charge on any atom is -0.346 e. The molecule has 8 nitrogen and oxygen atoms in total. The summed E-state index contributed by atoms with van der Waals surface area (Å²) in [5.74, 6) is 0.506. The molecule has 2 aromatic heterocycles. The van der Waals surface area contributed by atoms with Gasteiger partial charge >= 0.3 is 0 Å². The Hall–Kier alpha value is -3.38. The van der Waals surface area contributed by atoms with Gasteiger partial charge in [-0.15, -0.1) is 0 Å². The molecule has 0 spiro atoms. The second kappa shape index (κ2) is 8.40. The fraction of sp³-hybridized carbons (Fsp3) is 0.318. The van der Waals surface area contributed by atoms with E-state index in [9.17, 15) is 13.2 Å². The van der Waals surface area contributed by atoms with Crippen molar-refractivity contribution in [2.45, 2.75) is 38.6 Å². The Morgan fingerprint density at radius 2 is 2.10 bits per heavy atom. The fourth-order valence-electron chi connectivity index (χ4n) is 3.66. The number of anilines is 2. The summed E-state index contributed by atoms with van der Waals surface area (Å²) in [5.41, 5.74) is 3.92. The van der Waals surface area contributed by atoms with Crippen LogP contribution in [0.3, 0.4) is 0 Å². The van der Waals surface area contributed by atoms with Crippen molar-refractivity contribution in [2.75, 3.05) is 15.4 Å². The van der Waals surface area contributed by atoms with Crippen molar-refractivity contribution >= 4 is 39.0 Å². The van der Waals surface area contributed by atoms with E-state index in [0.717, 1.165) is 41.3 Å². The summed E-state index contributed by atoms with van der Waals surface area (Å²) in [6, 6.07) is 11.4. The van der Waals surface area contributed by atoms with Gasteiger partial charge in [0.15, 0.2) is 0 Å². The molecule has 0 aliphatic heterocycles. The standard InChI is InChI=1S/C22H23N5O3S/c1-15-12-16(26-31(29,30)11-3-2-9-23)4-7-18(15)20-13-21(27(14-28)17-5-6-17)25-22-19(20)8-10-24-22/h4,7-8,10,12-14,17,26H,2-3,5-6,11H2,1H3,(H,24,25). The van der Waals surface area contributed by atoms with Gasteiger partial charge in [-0.3, -0.25) is 14.4 Å². The van der Waals surface area contributed by atoms with Gasteiger partial charge in [0.1, 0.15) is 11.5 Å². The van der Waals surface area contributed by atoms with Crippen LogP contribution in [-0.2, 0) is 14.8 Å². The molecule has 1 fully saturated rings. The predicted octanol–water partition coefficient (Wildman–Crippen LogP) is 3.71. The van der Waals surface area contributed by atoms with Crippen molar-refractivity contribution in [1.29, 1.82) is 5.26 Å². The van der Waals surface area contributed by atoms with Gasteiger partial charge in [-0.25, -0.2) is 13.4 Å². The summed E-state index contributed by atoms with van der Waals surface area (Å²) < 4.78 is 27.0. The summed E-state index contributed by atoms with van der Waals surface area (Å²) in [7, 11) is -3.51. The lowest BCUT2D eigenvalue weighted by Gasteiger charge is -2.18. The van der Waals surface area contributed by atoms with Crippen LogP contribution in [0.1, 0.15) is 31.2 Å². The van der Waals surface area contributed by atoms with E-state index < -0.39 is 10.0 Å². The quantitative estimate of drug-likeness (QED) is 0.391. The van der Waals surface area contributed by atoms with Crippen molar-refractivity contribution in [2.24, 2.45) is 0 Å². The van der Waals surface area contributed by atoms with E-state index in [4.69, 9.17) is 5.26 Å². The molecule has 0 saturated heterocycles. The van der Waals surface area contributed by atoms with E-state index in [1.807, 2.05) is 37.4 Å². The summed E-state index contributed by atoms with van der Waals surface area (Å²) >= 11 is 0. The van der Waals surface area contributed by atoms with E-state index in [2.05, 4.69) is 14.7 Å². The number of aromatic nitrogens is 2. The Bertz CT molecular complexity index is 1270. The Balaban J connectivity index is 1.67. The SMILES string of the molecule is Cc1cc(NS(=O)(=O)CCCC#N)ccc1-c1cc(N(C=O)C2CC2)nc2[nH]ccc12. The van der Waals surface area contributed by atoms with Gasteiger partial charge in [-0.2, -0.15) is 5.26 Å². The maximum Gasteiger partial charge on any atom is 0.232 e. The van der Waals surface area contributed by atoms with Crippen molar-refractivity contribution in [3.8, 4) is 17.2 Å². The molecule has 9 heteroatoms. The van der Waals surface area contributed by atoms with Gasteiger partial charge in [-0.1, -0.05) is 6.07 Å². The second-order valence-electron chi connectivity index (χ2n) is 7.72. The number of carbonyl (C=O) groups excluding carboxylic acids is 1. The number of sulfonamides is 1. The zero-order chi connectivity index (χ0) is 22.0. The van der Waals surface area contributed by atoms with Crippen LogP contribution < -0.4 is 9.62 Å². The molecule has 3 aromatic rings. The highest BCUT2D eigenvalue weighted by molar-refractivity contribution is 7.92. The number of H-pyrrole nitrogens is 1. The third-order valence-electron chi connectivity index (χ3n) is 5.33. The number of nitriles is 1. The molecular formula is C22H23N5O3S. The molecule has 1 aromatic carbocycles. The number of aromatic amines is 1. The van der Waals surface area contributed by atoms with Crippen molar-refractivity contribution in [1.82, 2.24) is 9.97 Å². The van der Waals surface area contributed by atoms with E-state index >= 15 is 0 Å². The first kappa shape index (κ1) is 20.9. The zero-order valence-corrected chi connectivity index (χ0v) is 17.9. The number of nitrogens with one attached hydrogen (secondary N) is 2. The van der Waals surface area contributed by atoms with Crippen molar-refractivity contribution in [3.05, 3.63) is 42.1 Å². The lowest BCUT2D eigenvalue weighted by molar-refractivity contribution is -0.107. The van der Waals surface area contributed by atoms with Gasteiger partial charge in [0, 0.05) is 29.7 Å². The van der Waals surface area contributed by atoms with Gasteiger partial charge in [-0.05, 0) is 67.1 Å². The van der Waals surface area contributed by atoms with Crippen LogP contribution in [0.4, 0.5) is 11.5 Å². The van der Waals surface area contributed by atoms with E-state index in [-0.39, 0.29) is 18.2 Å². The number of hydrogen-bond donors (Lipinski definition) is 2. The zero-order valence-electron chi connectivity index (χ0n) is 17.1. The van der Waals surface area contributed by atoms with E-state index in [0.29, 0.717) is 23.6 Å². The Kier molecular flexibility index (Phi) is 5.65. The number of fused-ring (bicyclic) bond motifs is 1. The summed E-state index contributed by atoms with van der Waals surface area (Å²) in [5, 5.41) is 9.53. The number of rotatable bonds is 9. The summed E-state index contributed by atoms with van der Waals surface area (Å²) in [6.45, 7) is 1.92. The normalized spacial score (nSPS) is 13.7. The Morgan fingerprint density at radius 1 is 1.29 bits per heavy atom. The molecule has 1 aliphatic carbocycles. The minimum absolute atomic E-state index is 0.0955.